The molecule has 1 aliphatic heterocycles. The molecule has 5 rings (SSSR count). The Morgan fingerprint density at radius 1 is 0.946 bits per heavy atom. The number of fused-ring (bicyclic) bond motifs is 1. The molecule has 1 amide bonds. The van der Waals surface area contributed by atoms with Crippen LogP contribution in [0.1, 0.15) is 5.56 Å². The van der Waals surface area contributed by atoms with Crippen LogP contribution in [0.3, 0.4) is 0 Å². The number of nitrogens with one attached hydrogen (secondary N) is 1. The smallest absolute Gasteiger partial charge is 0.267 e. The minimum Gasteiger partial charge on any atom is -0.476 e. The topological polar surface area (TPSA) is 84.9 Å². The van der Waals surface area contributed by atoms with Crippen molar-refractivity contribution in [2.45, 2.75) is 11.9 Å². The molecule has 0 saturated carbocycles. The number of carbonyl (C=O) groups is 1. The average Bonchev–Trinajstić information content (AvgIpc) is 2.90. The molecule has 1 heterocycles. The van der Waals surface area contributed by atoms with Gasteiger partial charge >= 0.3 is 0 Å². The molecule has 9 heteroatoms. The maximum atomic E-state index is 13.4. The van der Waals surface area contributed by atoms with Gasteiger partial charge in [0.1, 0.15) is 11.5 Å². The Balaban J connectivity index is 1.41. The molecule has 37 heavy (non-hydrogen) atoms. The van der Waals surface area contributed by atoms with E-state index in [-0.39, 0.29) is 12.3 Å². The Kier molecular flexibility index (Phi) is 7.03. The lowest BCUT2D eigenvalue weighted by atomic mass is 10.2. The van der Waals surface area contributed by atoms with Gasteiger partial charge in [0, 0.05) is 5.02 Å². The average molecular weight is 535 g/mol. The summed E-state index contributed by atoms with van der Waals surface area (Å²) in [5, 5.41) is 3.20. The molecule has 188 valence electrons. The van der Waals surface area contributed by atoms with Crippen LogP contribution in [0.25, 0.3) is 0 Å². The summed E-state index contributed by atoms with van der Waals surface area (Å²) in [4.78, 5) is 13.4. The number of carbonyl (C=O) groups excluding carboxylic acids is 1. The summed E-state index contributed by atoms with van der Waals surface area (Å²) in [7, 11) is -3.82. The highest BCUT2D eigenvalue weighted by atomic mass is 35.5. The molecule has 0 bridgehead atoms. The number of benzene rings is 4. The number of anilines is 2. The quantitative estimate of drug-likeness (QED) is 0.320. The molecule has 1 atom stereocenters. The second-order valence-corrected chi connectivity index (χ2v) is 10.7. The highest BCUT2D eigenvalue weighted by molar-refractivity contribution is 7.92. The lowest BCUT2D eigenvalue weighted by Gasteiger charge is -2.34. The van der Waals surface area contributed by atoms with Crippen LogP contribution in [0.15, 0.2) is 103 Å². The van der Waals surface area contributed by atoms with E-state index in [0.717, 1.165) is 0 Å². The van der Waals surface area contributed by atoms with E-state index in [1.165, 1.54) is 4.31 Å². The van der Waals surface area contributed by atoms with E-state index < -0.39 is 22.0 Å². The molecule has 0 radical (unpaired) electrons. The highest BCUT2D eigenvalue weighted by Crippen LogP contribution is 2.37. The van der Waals surface area contributed by atoms with Gasteiger partial charge in [-0.2, -0.15) is 0 Å². The molecule has 4 aromatic carbocycles. The maximum Gasteiger partial charge on any atom is 0.267 e. The molecule has 0 unspecified atom stereocenters. The Hall–Kier alpha value is -4.01. The first-order valence-electron chi connectivity index (χ1n) is 11.5. The van der Waals surface area contributed by atoms with E-state index in [9.17, 15) is 13.2 Å². The zero-order chi connectivity index (χ0) is 25.8. The predicted octanol–water partition coefficient (Wildman–Crippen LogP) is 5.87. The van der Waals surface area contributed by atoms with Crippen LogP contribution in [0, 0.1) is 0 Å². The van der Waals surface area contributed by atoms with Crippen molar-refractivity contribution < 1.29 is 22.7 Å². The van der Waals surface area contributed by atoms with Gasteiger partial charge in [0.2, 0.25) is 10.0 Å². The van der Waals surface area contributed by atoms with Crippen molar-refractivity contribution in [1.29, 1.82) is 0 Å². The molecule has 0 fully saturated rings. The van der Waals surface area contributed by atoms with Gasteiger partial charge in [0.15, 0.2) is 11.9 Å². The van der Waals surface area contributed by atoms with Crippen LogP contribution >= 0.6 is 11.6 Å². The number of para-hydroxylation sites is 3. The van der Waals surface area contributed by atoms with Crippen molar-refractivity contribution in [3.05, 3.63) is 114 Å². The molecule has 7 nitrogen and oxygen atoms in total. The fraction of sp³-hybridized carbons (Fsp3) is 0.107. The van der Waals surface area contributed by atoms with Gasteiger partial charge in [0.25, 0.3) is 5.91 Å². The van der Waals surface area contributed by atoms with Crippen molar-refractivity contribution in [3.63, 3.8) is 0 Å². The first-order chi connectivity index (χ1) is 17.9. The third-order valence-electron chi connectivity index (χ3n) is 5.73. The second kappa shape index (κ2) is 10.5. The summed E-state index contributed by atoms with van der Waals surface area (Å²) in [5.74, 6) is 0.530. The van der Waals surface area contributed by atoms with Crippen LogP contribution in [-0.2, 0) is 20.6 Å². The monoisotopic (exact) mass is 534 g/mol. The third kappa shape index (κ3) is 5.71. The summed E-state index contributed by atoms with van der Waals surface area (Å²) >= 11 is 6.19. The minimum absolute atomic E-state index is 0.187. The van der Waals surface area contributed by atoms with Crippen molar-refractivity contribution in [3.8, 4) is 17.2 Å². The van der Waals surface area contributed by atoms with Crippen LogP contribution in [0.5, 0.6) is 17.2 Å². The van der Waals surface area contributed by atoms with Gasteiger partial charge < -0.3 is 14.8 Å². The molecular weight excluding hydrogens is 512 g/mol. The Morgan fingerprint density at radius 3 is 2.38 bits per heavy atom. The Labute approximate surface area is 220 Å². The molecule has 1 N–H and O–H groups in total. The van der Waals surface area contributed by atoms with Gasteiger partial charge in [-0.25, -0.2) is 8.42 Å². The molecule has 4 aromatic rings. The number of ether oxygens (including phenoxy) is 2. The van der Waals surface area contributed by atoms with Gasteiger partial charge in [-0.3, -0.25) is 9.10 Å². The Morgan fingerprint density at radius 2 is 1.62 bits per heavy atom. The standard InChI is InChI=1S/C28H23ClN2O5S/c29-21-15-16-25(35-22-11-5-2-6-12-22)23(17-21)30-28(32)27-18-31(24-13-7-8-14-26(24)36-27)37(33,34)19-20-9-3-1-4-10-20/h1-17,27H,18-19H2,(H,30,32)/t27-/m0/s1. The molecule has 0 saturated heterocycles. The predicted molar refractivity (Wildman–Crippen MR) is 144 cm³/mol. The Bertz CT molecular complexity index is 1510. The number of rotatable bonds is 7. The second-order valence-electron chi connectivity index (χ2n) is 8.39. The summed E-state index contributed by atoms with van der Waals surface area (Å²) in [5.41, 5.74) is 1.37. The van der Waals surface area contributed by atoms with E-state index in [0.29, 0.717) is 39.2 Å². The van der Waals surface area contributed by atoms with Crippen LogP contribution in [0.4, 0.5) is 11.4 Å². The SMILES string of the molecule is O=C(Nc1cc(Cl)ccc1Oc1ccccc1)[C@@H]1CN(S(=O)(=O)Cc2ccccc2)c2ccccc2O1. The number of hydrogen-bond acceptors (Lipinski definition) is 5. The minimum atomic E-state index is -3.82. The largest absolute Gasteiger partial charge is 0.476 e. The zero-order valence-corrected chi connectivity index (χ0v) is 21.2. The first-order valence-corrected chi connectivity index (χ1v) is 13.5. The van der Waals surface area contributed by atoms with E-state index in [4.69, 9.17) is 21.1 Å². The normalized spacial score (nSPS) is 14.8. The van der Waals surface area contributed by atoms with E-state index in [1.54, 1.807) is 78.9 Å². The van der Waals surface area contributed by atoms with Crippen molar-refractivity contribution in [2.75, 3.05) is 16.2 Å². The summed E-state index contributed by atoms with van der Waals surface area (Å²) in [6, 6.07) is 29.6. The fourth-order valence-corrected chi connectivity index (χ4v) is 5.74. The van der Waals surface area contributed by atoms with Crippen LogP contribution in [0.2, 0.25) is 5.02 Å². The number of nitrogens with zero attached hydrogens (tertiary/aromatic N) is 1. The fourth-order valence-electron chi connectivity index (χ4n) is 3.98. The zero-order valence-electron chi connectivity index (χ0n) is 19.6. The lowest BCUT2D eigenvalue weighted by molar-refractivity contribution is -0.122. The lowest BCUT2D eigenvalue weighted by Crippen LogP contribution is -2.49. The van der Waals surface area contributed by atoms with Gasteiger partial charge in [-0.05, 0) is 48.0 Å². The van der Waals surface area contributed by atoms with Gasteiger partial charge in [-0.15, -0.1) is 0 Å². The van der Waals surface area contributed by atoms with E-state index in [2.05, 4.69) is 5.32 Å². The third-order valence-corrected chi connectivity index (χ3v) is 7.68. The van der Waals surface area contributed by atoms with Gasteiger partial charge in [0.05, 0.1) is 23.7 Å². The van der Waals surface area contributed by atoms with Gasteiger partial charge in [-0.1, -0.05) is 72.3 Å². The molecule has 0 aliphatic carbocycles. The van der Waals surface area contributed by atoms with E-state index >= 15 is 0 Å². The number of halogens is 1. The number of amides is 1. The number of hydrogen-bond donors (Lipinski definition) is 1. The molecule has 0 aromatic heterocycles. The molecule has 1 aliphatic rings. The van der Waals surface area contributed by atoms with Crippen molar-refractivity contribution in [1.82, 2.24) is 0 Å². The van der Waals surface area contributed by atoms with Crippen molar-refractivity contribution >= 4 is 38.9 Å². The van der Waals surface area contributed by atoms with Crippen LogP contribution < -0.4 is 19.1 Å². The molecule has 0 spiro atoms. The first kappa shape index (κ1) is 24.7. The summed E-state index contributed by atoms with van der Waals surface area (Å²) in [6.07, 6.45) is -1.11. The summed E-state index contributed by atoms with van der Waals surface area (Å²) in [6.45, 7) is -0.187. The molecular formula is C28H23ClN2O5S. The highest BCUT2D eigenvalue weighted by Gasteiger charge is 2.37. The van der Waals surface area contributed by atoms with Crippen molar-refractivity contribution in [2.24, 2.45) is 0 Å². The summed E-state index contributed by atoms with van der Waals surface area (Å²) < 4.78 is 40.0. The maximum absolute atomic E-state index is 13.4. The van der Waals surface area contributed by atoms with E-state index in [1.807, 2.05) is 24.3 Å². The number of sulfonamides is 1. The van der Waals surface area contributed by atoms with Crippen LogP contribution in [-0.4, -0.2) is 27.0 Å².